The Morgan fingerprint density at radius 2 is 1.42 bits per heavy atom. The topological polar surface area (TPSA) is 95.2 Å². The molecule has 2 aliphatic heterocycles. The number of carbonyl (C=O) groups is 2. The largest absolute Gasteiger partial charge is 0.482 e. The quantitative estimate of drug-likeness (QED) is 0.135. The summed E-state index contributed by atoms with van der Waals surface area (Å²) in [4.78, 5) is 39.9. The minimum atomic E-state index is -1.10. The monoisotopic (exact) mass is 730 g/mol. The number of amides is 1. The van der Waals surface area contributed by atoms with Crippen molar-refractivity contribution in [3.8, 4) is 5.75 Å². The predicted octanol–water partition coefficient (Wildman–Crippen LogP) is 6.26. The van der Waals surface area contributed by atoms with Gasteiger partial charge in [0.25, 0.3) is 5.91 Å². The molecule has 1 atom stereocenters. The molecule has 0 bridgehead atoms. The molecule has 3 heterocycles. The van der Waals surface area contributed by atoms with Crippen molar-refractivity contribution in [2.24, 2.45) is 0 Å². The highest BCUT2D eigenvalue weighted by Crippen LogP contribution is 2.32. The minimum Gasteiger partial charge on any atom is -0.482 e. The summed E-state index contributed by atoms with van der Waals surface area (Å²) in [6.07, 6.45) is 1.35. The number of nitrogen functional groups attached to an aromatic ring is 1. The number of nitrogens with two attached hydrogens (primary N) is 1. The maximum Gasteiger partial charge on any atom is 0.253 e. The number of nitrogens with zero attached hydrogens (tertiary/aromatic N) is 5. The van der Waals surface area contributed by atoms with Crippen LogP contribution in [0.3, 0.4) is 0 Å². The van der Waals surface area contributed by atoms with E-state index in [2.05, 4.69) is 50.9 Å². The van der Waals surface area contributed by atoms with Crippen LogP contribution in [0.15, 0.2) is 72.9 Å². The Morgan fingerprint density at radius 1 is 0.827 bits per heavy atom. The van der Waals surface area contributed by atoms with Gasteiger partial charge in [-0.1, -0.05) is 54.9 Å². The van der Waals surface area contributed by atoms with Crippen molar-refractivity contribution < 1.29 is 23.1 Å². The fraction of sp³-hybridized carbons (Fsp3) is 0.375. The molecule has 4 aromatic rings. The van der Waals surface area contributed by atoms with Crippen LogP contribution in [0.5, 0.6) is 5.75 Å². The highest BCUT2D eigenvalue weighted by molar-refractivity contribution is 6.30. The molecular formula is C40H45ClF2N6O3. The van der Waals surface area contributed by atoms with Crippen LogP contribution in [0.2, 0.25) is 5.02 Å². The van der Waals surface area contributed by atoms with Crippen molar-refractivity contribution >= 4 is 29.1 Å². The summed E-state index contributed by atoms with van der Waals surface area (Å²) in [5, 5.41) is -0.238. The Kier molecular flexibility index (Phi) is 12.2. The smallest absolute Gasteiger partial charge is 0.253 e. The summed E-state index contributed by atoms with van der Waals surface area (Å²) in [6, 6.07) is 19.6. The molecule has 0 radical (unpaired) electrons. The van der Waals surface area contributed by atoms with Gasteiger partial charge in [0.2, 0.25) is 0 Å². The highest BCUT2D eigenvalue weighted by Gasteiger charge is 2.26. The van der Waals surface area contributed by atoms with Gasteiger partial charge in [-0.2, -0.15) is 0 Å². The molecule has 2 fully saturated rings. The van der Waals surface area contributed by atoms with E-state index in [-0.39, 0.29) is 45.8 Å². The van der Waals surface area contributed by atoms with Crippen molar-refractivity contribution in [2.45, 2.75) is 39.3 Å². The number of benzene rings is 3. The van der Waals surface area contributed by atoms with E-state index in [1.54, 1.807) is 24.3 Å². The summed E-state index contributed by atoms with van der Waals surface area (Å²) in [5.41, 5.74) is 9.86. The van der Waals surface area contributed by atoms with E-state index in [0.29, 0.717) is 18.7 Å². The molecule has 12 heteroatoms. The Labute approximate surface area is 308 Å². The van der Waals surface area contributed by atoms with E-state index in [1.807, 2.05) is 4.90 Å². The lowest BCUT2D eigenvalue weighted by molar-refractivity contribution is 0.0373. The molecule has 3 aromatic carbocycles. The van der Waals surface area contributed by atoms with Crippen molar-refractivity contribution in [3.63, 3.8) is 0 Å². The van der Waals surface area contributed by atoms with Gasteiger partial charge in [-0.3, -0.25) is 24.3 Å². The van der Waals surface area contributed by atoms with Crippen LogP contribution in [-0.2, 0) is 19.4 Å². The average molecular weight is 731 g/mol. The van der Waals surface area contributed by atoms with Gasteiger partial charge in [0.1, 0.15) is 11.9 Å². The van der Waals surface area contributed by atoms with Crippen LogP contribution in [0.4, 0.5) is 14.6 Å². The number of rotatable bonds is 12. The molecule has 1 amide bonds. The number of anilines is 1. The second-order valence-electron chi connectivity index (χ2n) is 13.5. The average Bonchev–Trinajstić information content (AvgIpc) is 3.15. The number of hydrogen-bond donors (Lipinski definition) is 1. The molecule has 52 heavy (non-hydrogen) atoms. The molecule has 0 saturated carbocycles. The van der Waals surface area contributed by atoms with Gasteiger partial charge >= 0.3 is 0 Å². The van der Waals surface area contributed by atoms with Gasteiger partial charge in [0, 0.05) is 82.6 Å². The summed E-state index contributed by atoms with van der Waals surface area (Å²) in [6.45, 7) is 12.7. The van der Waals surface area contributed by atoms with Crippen LogP contribution in [0.25, 0.3) is 0 Å². The number of aryl methyl sites for hydroxylation is 1. The molecule has 274 valence electrons. The molecule has 2 N–H and O–H groups in total. The normalized spacial score (nSPS) is 16.5. The summed E-state index contributed by atoms with van der Waals surface area (Å²) >= 11 is 5.83. The van der Waals surface area contributed by atoms with Crippen LogP contribution < -0.4 is 10.5 Å². The molecule has 9 nitrogen and oxygen atoms in total. The number of aromatic nitrogens is 1. The Hall–Kier alpha value is -4.42. The summed E-state index contributed by atoms with van der Waals surface area (Å²) < 4.78 is 34.6. The van der Waals surface area contributed by atoms with E-state index in [0.717, 1.165) is 76.6 Å². The van der Waals surface area contributed by atoms with Gasteiger partial charge < -0.3 is 15.4 Å². The van der Waals surface area contributed by atoms with E-state index in [1.165, 1.54) is 30.3 Å². The lowest BCUT2D eigenvalue weighted by Gasteiger charge is -2.40. The maximum atomic E-state index is 14.5. The van der Waals surface area contributed by atoms with Crippen molar-refractivity contribution in [3.05, 3.63) is 123 Å². The van der Waals surface area contributed by atoms with Gasteiger partial charge in [-0.05, 0) is 60.4 Å². The predicted molar refractivity (Wildman–Crippen MR) is 199 cm³/mol. The van der Waals surface area contributed by atoms with Gasteiger partial charge in [0.05, 0.1) is 17.3 Å². The zero-order chi connectivity index (χ0) is 36.8. The zero-order valence-electron chi connectivity index (χ0n) is 29.7. The van der Waals surface area contributed by atoms with Gasteiger partial charge in [-0.25, -0.2) is 13.8 Å². The minimum absolute atomic E-state index is 0.0185. The zero-order valence-corrected chi connectivity index (χ0v) is 30.4. The van der Waals surface area contributed by atoms with E-state index in [9.17, 15) is 18.4 Å². The second kappa shape index (κ2) is 16.9. The first-order valence-corrected chi connectivity index (χ1v) is 18.2. The van der Waals surface area contributed by atoms with E-state index in [4.69, 9.17) is 22.1 Å². The third-order valence-electron chi connectivity index (χ3n) is 9.92. The van der Waals surface area contributed by atoms with E-state index >= 15 is 0 Å². The van der Waals surface area contributed by atoms with E-state index < -0.39 is 17.7 Å². The number of ketones is 1. The SMILES string of the molecule is CCc1ccc(CN2CCN(CN3CCN(C(=O)c4ccc(CC(=O)c5cnc(N)c(O[C@H](C)c6c(F)ccc(Cl)c6F)c5)cc4)CC3)CC2)cc1. The fourth-order valence-electron chi connectivity index (χ4n) is 6.70. The van der Waals surface area contributed by atoms with Crippen molar-refractivity contribution in [2.75, 3.05) is 64.8 Å². The first-order valence-electron chi connectivity index (χ1n) is 17.8. The first kappa shape index (κ1) is 37.3. The molecule has 2 saturated heterocycles. The molecule has 0 unspecified atom stereocenters. The van der Waals surface area contributed by atoms with Crippen molar-refractivity contribution in [1.82, 2.24) is 24.6 Å². The molecule has 2 aliphatic rings. The third-order valence-corrected chi connectivity index (χ3v) is 10.2. The lowest BCUT2D eigenvalue weighted by atomic mass is 10.0. The molecular weight excluding hydrogens is 686 g/mol. The Balaban J connectivity index is 0.955. The van der Waals surface area contributed by atoms with Crippen LogP contribution in [0.1, 0.15) is 62.9 Å². The van der Waals surface area contributed by atoms with Gasteiger partial charge in [0.15, 0.2) is 23.2 Å². The van der Waals surface area contributed by atoms with Crippen LogP contribution in [0, 0.1) is 11.6 Å². The van der Waals surface area contributed by atoms with Crippen LogP contribution >= 0.6 is 11.6 Å². The number of pyridine rings is 1. The van der Waals surface area contributed by atoms with Gasteiger partial charge in [-0.15, -0.1) is 0 Å². The molecule has 0 aliphatic carbocycles. The standard InChI is InChI=1S/C40H45ClF2N6O3/c1-3-28-4-6-30(7-5-28)25-46-14-16-47(17-15-46)26-48-18-20-49(21-19-48)40(51)31-10-8-29(9-11-31)22-35(50)32-23-36(39(44)45-24-32)52-27(2)37-34(42)13-12-33(41)38(37)43/h4-13,23-24,27H,3,14-22,25-26H2,1-2H3,(H2,44,45)/t27-/m1/s1. The number of hydrogen-bond acceptors (Lipinski definition) is 8. The number of halogens is 3. The third kappa shape index (κ3) is 9.14. The summed E-state index contributed by atoms with van der Waals surface area (Å²) in [5.74, 6) is -2.04. The molecule has 0 spiro atoms. The van der Waals surface area contributed by atoms with Crippen LogP contribution in [-0.4, -0.2) is 95.3 Å². The second-order valence-corrected chi connectivity index (χ2v) is 13.9. The number of Topliss-reactive ketones (excluding diaryl/α,β-unsaturated/α-hetero) is 1. The van der Waals surface area contributed by atoms with Crippen molar-refractivity contribution in [1.29, 1.82) is 0 Å². The highest BCUT2D eigenvalue weighted by atomic mass is 35.5. The Morgan fingerprint density at radius 3 is 2.08 bits per heavy atom. The maximum absolute atomic E-state index is 14.5. The summed E-state index contributed by atoms with van der Waals surface area (Å²) in [7, 11) is 0. The first-order chi connectivity index (χ1) is 25.1. The lowest BCUT2D eigenvalue weighted by Crippen LogP contribution is -2.54. The molecule has 6 rings (SSSR count). The Bertz CT molecular complexity index is 1860. The number of piperazine rings is 2. The fourth-order valence-corrected chi connectivity index (χ4v) is 6.87. The number of ether oxygens (including phenoxy) is 1. The molecule has 1 aromatic heterocycles. The number of carbonyl (C=O) groups excluding carboxylic acids is 2.